The number of hydrogen-bond acceptors (Lipinski definition) is 4. The zero-order valence-corrected chi connectivity index (χ0v) is 19.2. The summed E-state index contributed by atoms with van der Waals surface area (Å²) in [5.74, 6) is -13.5. The van der Waals surface area contributed by atoms with Gasteiger partial charge in [-0.1, -0.05) is 59.6 Å². The minimum Gasteiger partial charge on any atom is -0.481 e. The lowest BCUT2D eigenvalue weighted by atomic mass is 9.34. The number of Topliss-reactive ketones (excluding diaryl/α,β-unsaturated/α-hetero) is 1. The fourth-order valence-corrected chi connectivity index (χ4v) is 7.50. The van der Waals surface area contributed by atoms with Crippen molar-refractivity contribution in [1.82, 2.24) is 0 Å². The lowest BCUT2D eigenvalue weighted by Gasteiger charge is -2.68. The third kappa shape index (κ3) is 2.85. The fraction of sp³-hybridized carbons (Fsp3) is 0.742. The highest BCUT2D eigenvalue weighted by atomic mass is 16.4. The number of carboxylic acid groups (broad SMARTS) is 1. The zero-order valence-electron chi connectivity index (χ0n) is 42.2. The number of carboxylic acids is 1. The van der Waals surface area contributed by atoms with Crippen LogP contribution >= 0.6 is 0 Å². The Balaban J connectivity index is 2.10. The van der Waals surface area contributed by atoms with Gasteiger partial charge in [0.15, 0.2) is 11.6 Å². The number of ketones is 2. The molecule has 3 saturated carbocycles. The summed E-state index contributed by atoms with van der Waals surface area (Å²) in [4.78, 5) is 42.8. The van der Waals surface area contributed by atoms with Crippen LogP contribution in [0.4, 0.5) is 0 Å². The van der Waals surface area contributed by atoms with Gasteiger partial charge in [0.1, 0.15) is 6.07 Å². The van der Waals surface area contributed by atoms with Crippen molar-refractivity contribution in [3.63, 3.8) is 0 Å². The summed E-state index contributed by atoms with van der Waals surface area (Å²) in [7, 11) is 0. The molecule has 5 nitrogen and oxygen atoms in total. The van der Waals surface area contributed by atoms with Gasteiger partial charge in [-0.05, 0) is 79.1 Å². The van der Waals surface area contributed by atoms with Crippen molar-refractivity contribution in [2.75, 3.05) is 0 Å². The standard InChI is InChI=1S/C31H41NO4/c1-26(2)10-12-31(25(35)36)13-11-30(7)23(19(31)16-26)20(33)14-22-28(5)15-18(17-32)24(34)27(3,4)21(28)8-9-29(22,30)6/h14-15,19,21,23H,8-13,16H2,1-7H3,(H,35,36)/t19-,21-,23-,28-,29+,30+,31-/m0/s1/i1D3,2D3,3D3,4D3,5D3,6D3,7D3,16D2. The van der Waals surface area contributed by atoms with Crippen LogP contribution in [0.25, 0.3) is 0 Å². The first-order chi connectivity index (χ1) is 26.0. The lowest BCUT2D eigenvalue weighted by molar-refractivity contribution is -0.188. The predicted molar refractivity (Wildman–Crippen MR) is 137 cm³/mol. The summed E-state index contributed by atoms with van der Waals surface area (Å²) in [6, 6.07) is 1.32. The van der Waals surface area contributed by atoms with Gasteiger partial charge >= 0.3 is 5.97 Å². The number of aliphatic carboxylic acids is 1. The molecule has 0 aromatic rings. The molecule has 0 radical (unpaired) electrons. The Kier molecular flexibility index (Phi) is 1.97. The van der Waals surface area contributed by atoms with Gasteiger partial charge in [-0.2, -0.15) is 5.26 Å². The zero-order chi connectivity index (χ0) is 46.0. The predicted octanol–water partition coefficient (Wildman–Crippen LogP) is 6.29. The summed E-state index contributed by atoms with van der Waals surface area (Å²) in [6.45, 7) is -27.3. The quantitative estimate of drug-likeness (QED) is 0.443. The Morgan fingerprint density at radius 2 is 1.86 bits per heavy atom. The minimum absolute atomic E-state index is 0.264. The molecule has 5 heteroatoms. The fourth-order valence-electron chi connectivity index (χ4n) is 7.50. The molecule has 0 saturated heterocycles. The maximum Gasteiger partial charge on any atom is 0.309 e. The number of carbonyl (C=O) groups is 3. The summed E-state index contributed by atoms with van der Waals surface area (Å²) in [5, 5.41) is 21.1. The van der Waals surface area contributed by atoms with E-state index in [-0.39, 0.29) is 6.08 Å². The Morgan fingerprint density at radius 1 is 1.08 bits per heavy atom. The molecule has 36 heavy (non-hydrogen) atoms. The summed E-state index contributed by atoms with van der Waals surface area (Å²) in [5.41, 5.74) is -22.7. The van der Waals surface area contributed by atoms with Crippen LogP contribution in [-0.2, 0) is 14.4 Å². The van der Waals surface area contributed by atoms with Crippen LogP contribution in [-0.4, -0.2) is 22.6 Å². The monoisotopic (exact) mass is 514 g/mol. The highest BCUT2D eigenvalue weighted by Crippen LogP contribution is 2.74. The van der Waals surface area contributed by atoms with Crippen LogP contribution in [0.1, 0.15) is 124 Å². The highest BCUT2D eigenvalue weighted by Gasteiger charge is 2.70. The number of nitrogens with zero attached hydrogens (tertiary/aromatic N) is 1. The maximum atomic E-state index is 15.2. The largest absolute Gasteiger partial charge is 0.481 e. The van der Waals surface area contributed by atoms with Gasteiger partial charge < -0.3 is 5.11 Å². The van der Waals surface area contributed by atoms with E-state index in [1.807, 2.05) is 0 Å². The Hall–Kier alpha value is -2.22. The maximum absolute atomic E-state index is 15.2. The Labute approximate surface area is 247 Å². The highest BCUT2D eigenvalue weighted by molar-refractivity contribution is 6.04. The van der Waals surface area contributed by atoms with Crippen molar-refractivity contribution in [3.05, 3.63) is 23.3 Å². The molecular formula is C31H41NO4. The first-order valence-corrected chi connectivity index (χ1v) is 11.7. The van der Waals surface area contributed by atoms with Crippen molar-refractivity contribution in [3.8, 4) is 6.07 Å². The molecule has 5 aliphatic rings. The molecule has 3 fully saturated rings. The SMILES string of the molecule is [2H]C([2H])([2H])C1(C([2H])([2H])[2H])C(=O)C(C#N)=C[C@]2(C([2H])([2H])[2H])C3=CC(=O)[C@@H]4[C@@H]5C([2H])([2H])C(C([2H])([2H])[2H])(C([2H])([2H])[2H])CC[C@]5(C(=O)O)CC[C@@]4(C([2H])([2H])[2H])[C@]3(C([2H])([2H])[2H])CC[C@@H]12. The molecule has 0 aliphatic heterocycles. The first kappa shape index (κ1) is 9.83. The molecule has 0 aromatic carbocycles. The van der Waals surface area contributed by atoms with Gasteiger partial charge in [0, 0.05) is 48.3 Å². The lowest BCUT2D eigenvalue weighted by Crippen LogP contribution is -2.65. The normalized spacial score (nSPS) is 60.0. The van der Waals surface area contributed by atoms with Gasteiger partial charge in [-0.3, -0.25) is 14.4 Å². The molecule has 0 bridgehead atoms. The van der Waals surface area contributed by atoms with Gasteiger partial charge in [0.25, 0.3) is 0 Å². The van der Waals surface area contributed by atoms with E-state index in [2.05, 4.69) is 0 Å². The number of rotatable bonds is 1. The molecule has 0 unspecified atom stereocenters. The average Bonchev–Trinajstić information content (AvgIpc) is 2.99. The van der Waals surface area contributed by atoms with Gasteiger partial charge in [-0.25, -0.2) is 0 Å². The summed E-state index contributed by atoms with van der Waals surface area (Å²) in [6.07, 6.45) is -9.96. The van der Waals surface area contributed by atoms with E-state index in [1.165, 1.54) is 6.07 Å². The minimum atomic E-state index is -3.99. The molecule has 0 amide bonds. The molecule has 0 aromatic heterocycles. The molecule has 5 aliphatic carbocycles. The van der Waals surface area contributed by atoms with E-state index in [0.29, 0.717) is 6.08 Å². The molecule has 5 rings (SSSR count). The number of carbonyl (C=O) groups excluding carboxylic acids is 2. The van der Waals surface area contributed by atoms with Crippen molar-refractivity contribution in [1.29, 1.82) is 5.26 Å². The molecule has 7 atom stereocenters. The van der Waals surface area contributed by atoms with Crippen molar-refractivity contribution < 1.29 is 51.0 Å². The molecule has 0 spiro atoms. The van der Waals surface area contributed by atoms with E-state index < -0.39 is 172 Å². The summed E-state index contributed by atoms with van der Waals surface area (Å²) >= 11 is 0. The van der Waals surface area contributed by atoms with Crippen LogP contribution in [0, 0.1) is 61.6 Å². The van der Waals surface area contributed by atoms with Crippen molar-refractivity contribution >= 4 is 17.5 Å². The van der Waals surface area contributed by atoms with Crippen LogP contribution in [0.2, 0.25) is 0 Å². The van der Waals surface area contributed by atoms with Crippen LogP contribution < -0.4 is 0 Å². The molecule has 194 valence electrons. The Morgan fingerprint density at radius 3 is 2.47 bits per heavy atom. The van der Waals surface area contributed by atoms with Crippen molar-refractivity contribution in [2.45, 2.75) is 92.9 Å². The van der Waals surface area contributed by atoms with E-state index in [4.69, 9.17) is 28.8 Å². The smallest absolute Gasteiger partial charge is 0.309 e. The van der Waals surface area contributed by atoms with Crippen LogP contribution in [0.3, 0.4) is 0 Å². The number of nitriles is 1. The van der Waals surface area contributed by atoms with E-state index in [0.717, 1.165) is 0 Å². The van der Waals surface area contributed by atoms with Crippen LogP contribution in [0.5, 0.6) is 0 Å². The van der Waals surface area contributed by atoms with E-state index >= 15 is 4.79 Å². The number of hydrogen-bond donors (Lipinski definition) is 1. The first-order valence-electron chi connectivity index (χ1n) is 23.2. The van der Waals surface area contributed by atoms with Gasteiger partial charge in [0.05, 0.1) is 11.0 Å². The molecular weight excluding hydrogens is 450 g/mol. The van der Waals surface area contributed by atoms with Crippen LogP contribution in [0.15, 0.2) is 23.3 Å². The van der Waals surface area contributed by atoms with E-state index in [1.54, 1.807) is 0 Å². The second-order valence-electron chi connectivity index (χ2n) is 11.1. The van der Waals surface area contributed by atoms with Gasteiger partial charge in [0.2, 0.25) is 0 Å². The Bertz CT molecular complexity index is 1920. The number of fused-ring (bicyclic) bond motifs is 7. The summed E-state index contributed by atoms with van der Waals surface area (Å²) < 4.78 is 201. The average molecular weight is 515 g/mol. The van der Waals surface area contributed by atoms with E-state index in [9.17, 15) is 22.7 Å². The van der Waals surface area contributed by atoms with Gasteiger partial charge in [-0.15, -0.1) is 0 Å². The number of allylic oxidation sites excluding steroid dienone is 4. The third-order valence-corrected chi connectivity index (χ3v) is 9.43. The van der Waals surface area contributed by atoms with Crippen molar-refractivity contribution in [2.24, 2.45) is 50.2 Å². The topological polar surface area (TPSA) is 95.2 Å². The molecule has 0 heterocycles. The molecule has 1 N–H and O–H groups in total. The second kappa shape index (κ2) is 7.21. The second-order valence-corrected chi connectivity index (χ2v) is 11.1. The third-order valence-electron chi connectivity index (χ3n) is 9.43.